The average Bonchev–Trinajstić information content (AvgIpc) is 2.82. The van der Waals surface area contributed by atoms with Crippen LogP contribution in [-0.4, -0.2) is 17.3 Å². The number of aromatic hydroxyl groups is 2. The third-order valence-electron chi connectivity index (χ3n) is 5.37. The van der Waals surface area contributed by atoms with Crippen LogP contribution in [0.1, 0.15) is 16.8 Å². The smallest absolute Gasteiger partial charge is 0.160 e. The van der Waals surface area contributed by atoms with E-state index in [1.54, 1.807) is 42.5 Å². The summed E-state index contributed by atoms with van der Waals surface area (Å²) in [6.45, 7) is 0. The second-order valence-electron chi connectivity index (χ2n) is 7.25. The topological polar surface area (TPSA) is 66.8 Å². The first-order valence-corrected chi connectivity index (χ1v) is 11.7. The number of benzene rings is 4. The van der Waals surface area contributed by atoms with E-state index >= 15 is 4.57 Å². The van der Waals surface area contributed by atoms with Crippen molar-refractivity contribution in [3.05, 3.63) is 114 Å². The van der Waals surface area contributed by atoms with Crippen LogP contribution in [-0.2, 0) is 4.57 Å². The number of phenolic OH excluding ortho intramolecular Hbond substituents is 2. The van der Waals surface area contributed by atoms with Crippen molar-refractivity contribution in [1.29, 1.82) is 0 Å². The van der Waals surface area contributed by atoms with Gasteiger partial charge in [0.05, 0.1) is 12.8 Å². The summed E-state index contributed by atoms with van der Waals surface area (Å²) >= 11 is 0. The molecule has 4 rings (SSSR count). The molecule has 5 heteroatoms. The Hall–Kier alpha value is -3.49. The van der Waals surface area contributed by atoms with E-state index in [2.05, 4.69) is 0 Å². The van der Waals surface area contributed by atoms with E-state index in [1.165, 1.54) is 7.11 Å². The van der Waals surface area contributed by atoms with Gasteiger partial charge in [0.2, 0.25) is 0 Å². The van der Waals surface area contributed by atoms with Crippen LogP contribution in [0.3, 0.4) is 0 Å². The molecule has 0 aliphatic carbocycles. The lowest BCUT2D eigenvalue weighted by Gasteiger charge is -2.30. The lowest BCUT2D eigenvalue weighted by molar-refractivity contribution is 0.373. The lowest BCUT2D eigenvalue weighted by atomic mass is 10.0. The van der Waals surface area contributed by atoms with Crippen LogP contribution >= 0.6 is 7.14 Å². The number of rotatable bonds is 6. The summed E-state index contributed by atoms with van der Waals surface area (Å²) in [5.74, 6) is 0.471. The molecule has 0 aliphatic heterocycles. The van der Waals surface area contributed by atoms with Gasteiger partial charge in [0.25, 0.3) is 0 Å². The fourth-order valence-electron chi connectivity index (χ4n) is 3.88. The van der Waals surface area contributed by atoms with Gasteiger partial charge in [-0.05, 0) is 35.4 Å². The third-order valence-corrected chi connectivity index (χ3v) is 8.83. The molecule has 4 aromatic carbocycles. The molecule has 31 heavy (non-hydrogen) atoms. The summed E-state index contributed by atoms with van der Waals surface area (Å²) in [6, 6.07) is 30.7. The second kappa shape index (κ2) is 8.71. The van der Waals surface area contributed by atoms with Crippen LogP contribution in [0.15, 0.2) is 103 Å². The highest BCUT2D eigenvalue weighted by Crippen LogP contribution is 2.60. The van der Waals surface area contributed by atoms with Crippen LogP contribution in [0, 0.1) is 0 Å². The summed E-state index contributed by atoms with van der Waals surface area (Å²) in [7, 11) is -1.77. The second-order valence-corrected chi connectivity index (χ2v) is 10.1. The SMILES string of the molecule is COc1cc(C(c2ccc(O)cc2)P(=O)(c2ccccc2)c2ccccc2)ccc1O. The predicted octanol–water partition coefficient (Wildman–Crippen LogP) is 5.21. The Morgan fingerprint density at radius 1 is 0.710 bits per heavy atom. The minimum atomic E-state index is -3.26. The summed E-state index contributed by atoms with van der Waals surface area (Å²) < 4.78 is 20.5. The molecule has 0 radical (unpaired) electrons. The maximum atomic E-state index is 15.1. The molecule has 0 saturated carbocycles. The Labute approximate surface area is 181 Å². The molecule has 1 atom stereocenters. The van der Waals surface area contributed by atoms with Crippen molar-refractivity contribution in [1.82, 2.24) is 0 Å². The van der Waals surface area contributed by atoms with Crippen LogP contribution in [0.2, 0.25) is 0 Å². The first kappa shape index (κ1) is 20.8. The standard InChI is InChI=1S/C26H23O4P/c1-30-25-18-20(14-17-24(25)28)26(19-12-15-21(27)16-13-19)31(29,22-8-4-2-5-9-22)23-10-6-3-7-11-23/h2-18,26-28H,1H3. The van der Waals surface area contributed by atoms with E-state index in [-0.39, 0.29) is 11.5 Å². The zero-order valence-electron chi connectivity index (χ0n) is 17.1. The number of hydrogen-bond acceptors (Lipinski definition) is 4. The minimum Gasteiger partial charge on any atom is -0.508 e. The van der Waals surface area contributed by atoms with Gasteiger partial charge >= 0.3 is 0 Å². The first-order valence-electron chi connectivity index (χ1n) is 9.91. The maximum Gasteiger partial charge on any atom is 0.160 e. The molecule has 0 bridgehead atoms. The van der Waals surface area contributed by atoms with Crippen molar-refractivity contribution in [3.8, 4) is 17.2 Å². The molecule has 4 nitrogen and oxygen atoms in total. The highest BCUT2D eigenvalue weighted by atomic mass is 31.2. The Morgan fingerprint density at radius 2 is 1.23 bits per heavy atom. The minimum absolute atomic E-state index is 0.0185. The quantitative estimate of drug-likeness (QED) is 0.412. The van der Waals surface area contributed by atoms with Crippen molar-refractivity contribution in [2.24, 2.45) is 0 Å². The van der Waals surface area contributed by atoms with Crippen LogP contribution in [0.4, 0.5) is 0 Å². The van der Waals surface area contributed by atoms with E-state index in [0.717, 1.165) is 21.7 Å². The largest absolute Gasteiger partial charge is 0.508 e. The molecule has 0 heterocycles. The molecule has 0 aromatic heterocycles. The van der Waals surface area contributed by atoms with Gasteiger partial charge in [0, 0.05) is 10.6 Å². The number of ether oxygens (including phenoxy) is 1. The zero-order valence-corrected chi connectivity index (χ0v) is 17.9. The van der Waals surface area contributed by atoms with Crippen LogP contribution < -0.4 is 15.3 Å². The van der Waals surface area contributed by atoms with Gasteiger partial charge in [-0.25, -0.2) is 0 Å². The molecule has 1 unspecified atom stereocenters. The van der Waals surface area contributed by atoms with E-state index < -0.39 is 12.8 Å². The van der Waals surface area contributed by atoms with Gasteiger partial charge in [-0.1, -0.05) is 78.9 Å². The zero-order chi connectivity index (χ0) is 21.8. The van der Waals surface area contributed by atoms with Gasteiger partial charge in [-0.3, -0.25) is 0 Å². The molecule has 0 saturated heterocycles. The Bertz CT molecular complexity index is 1160. The van der Waals surface area contributed by atoms with Gasteiger partial charge in [0.15, 0.2) is 18.6 Å². The molecule has 0 spiro atoms. The summed E-state index contributed by atoms with van der Waals surface area (Å²) in [5.41, 5.74) is 0.991. The molecular weight excluding hydrogens is 407 g/mol. The van der Waals surface area contributed by atoms with Crippen molar-refractivity contribution < 1.29 is 19.5 Å². The fourth-order valence-corrected chi connectivity index (χ4v) is 7.18. The normalized spacial score (nSPS) is 12.3. The lowest BCUT2D eigenvalue weighted by Crippen LogP contribution is -2.22. The third kappa shape index (κ3) is 3.95. The molecule has 4 aromatic rings. The highest BCUT2D eigenvalue weighted by Gasteiger charge is 2.39. The maximum absolute atomic E-state index is 15.1. The Balaban J connectivity index is 2.04. The number of hydrogen-bond donors (Lipinski definition) is 2. The number of methoxy groups -OCH3 is 1. The summed E-state index contributed by atoms with van der Waals surface area (Å²) in [5, 5.41) is 21.4. The predicted molar refractivity (Wildman–Crippen MR) is 124 cm³/mol. The van der Waals surface area contributed by atoms with E-state index in [1.807, 2.05) is 60.7 Å². The highest BCUT2D eigenvalue weighted by molar-refractivity contribution is 7.79. The molecule has 156 valence electrons. The van der Waals surface area contributed by atoms with Crippen LogP contribution in [0.25, 0.3) is 0 Å². The summed E-state index contributed by atoms with van der Waals surface area (Å²) in [6.07, 6.45) is 0. The van der Waals surface area contributed by atoms with Gasteiger partial charge in [-0.2, -0.15) is 0 Å². The molecule has 2 N–H and O–H groups in total. The van der Waals surface area contributed by atoms with E-state index in [4.69, 9.17) is 4.74 Å². The van der Waals surface area contributed by atoms with Gasteiger partial charge in [0.1, 0.15) is 5.75 Å². The Morgan fingerprint density at radius 3 is 1.74 bits per heavy atom. The van der Waals surface area contributed by atoms with E-state index in [9.17, 15) is 10.2 Å². The average molecular weight is 430 g/mol. The molecule has 0 aliphatic rings. The summed E-state index contributed by atoms with van der Waals surface area (Å²) in [4.78, 5) is 0. The first-order chi connectivity index (χ1) is 15.0. The van der Waals surface area contributed by atoms with Crippen molar-refractivity contribution in [3.63, 3.8) is 0 Å². The van der Waals surface area contributed by atoms with Crippen molar-refractivity contribution >= 4 is 17.8 Å². The molecular formula is C26H23O4P. The monoisotopic (exact) mass is 430 g/mol. The number of phenols is 2. The van der Waals surface area contributed by atoms with E-state index in [0.29, 0.717) is 5.75 Å². The van der Waals surface area contributed by atoms with Gasteiger partial charge in [-0.15, -0.1) is 0 Å². The van der Waals surface area contributed by atoms with Crippen molar-refractivity contribution in [2.45, 2.75) is 5.66 Å². The van der Waals surface area contributed by atoms with Gasteiger partial charge < -0.3 is 19.5 Å². The van der Waals surface area contributed by atoms with Crippen LogP contribution in [0.5, 0.6) is 17.2 Å². The van der Waals surface area contributed by atoms with Crippen molar-refractivity contribution in [2.75, 3.05) is 7.11 Å². The fraction of sp³-hybridized carbons (Fsp3) is 0.0769. The molecule has 0 amide bonds. The Kier molecular flexibility index (Phi) is 5.83. The molecule has 0 fully saturated rings.